The zero-order valence-electron chi connectivity index (χ0n) is 17.6. The van der Waals surface area contributed by atoms with Gasteiger partial charge in [-0.3, -0.25) is 10.1 Å². The van der Waals surface area contributed by atoms with Gasteiger partial charge >= 0.3 is 0 Å². The molecule has 1 atom stereocenters. The Morgan fingerprint density at radius 1 is 1.22 bits per heavy atom. The van der Waals surface area contributed by atoms with Gasteiger partial charge < -0.3 is 19.3 Å². The average molecular weight is 440 g/mol. The molecule has 32 heavy (non-hydrogen) atoms. The number of nitro benzene ring substituents is 1. The van der Waals surface area contributed by atoms with Crippen molar-refractivity contribution in [2.75, 3.05) is 13.7 Å². The fraction of sp³-hybridized carbons (Fsp3) is 0.273. The Labute approximate surface area is 184 Å². The van der Waals surface area contributed by atoms with Crippen LogP contribution in [0, 0.1) is 10.1 Å². The maximum atomic E-state index is 10.7. The summed E-state index contributed by atoms with van der Waals surface area (Å²) < 4.78 is 18.1. The predicted molar refractivity (Wildman–Crippen MR) is 116 cm³/mol. The van der Waals surface area contributed by atoms with E-state index in [-0.39, 0.29) is 25.4 Å². The quantitative estimate of drug-likeness (QED) is 0.259. The topological polar surface area (TPSA) is 122 Å². The third-order valence-electron chi connectivity index (χ3n) is 4.46. The van der Waals surface area contributed by atoms with Gasteiger partial charge in [-0.15, -0.1) is 11.7 Å². The maximum absolute atomic E-state index is 10.7. The highest BCUT2D eigenvalue weighted by atomic mass is 16.6. The van der Waals surface area contributed by atoms with E-state index in [4.69, 9.17) is 14.2 Å². The highest BCUT2D eigenvalue weighted by Crippen LogP contribution is 2.28. The first-order valence-electron chi connectivity index (χ1n) is 9.83. The van der Waals surface area contributed by atoms with Gasteiger partial charge in [-0.05, 0) is 36.2 Å². The Hall–Kier alpha value is -3.92. The van der Waals surface area contributed by atoms with Crippen LogP contribution in [0.2, 0.25) is 0 Å². The summed E-state index contributed by atoms with van der Waals surface area (Å²) in [6.07, 6.45) is 3.36. The molecule has 0 fully saturated rings. The van der Waals surface area contributed by atoms with Crippen LogP contribution in [0.3, 0.4) is 0 Å². The van der Waals surface area contributed by atoms with Gasteiger partial charge in [0, 0.05) is 12.1 Å². The molecule has 0 amide bonds. The molecule has 3 rings (SSSR count). The number of hydrogen-bond donors (Lipinski definition) is 1. The number of hydrogen-bond acceptors (Lipinski definition) is 8. The molecule has 0 saturated carbocycles. The van der Waals surface area contributed by atoms with Crippen LogP contribution >= 0.6 is 0 Å². The fourth-order valence-electron chi connectivity index (χ4n) is 2.89. The van der Waals surface area contributed by atoms with Gasteiger partial charge in [-0.1, -0.05) is 17.4 Å². The van der Waals surface area contributed by atoms with Crippen molar-refractivity contribution in [1.82, 2.24) is 15.0 Å². The Morgan fingerprint density at radius 2 is 2.00 bits per heavy atom. The van der Waals surface area contributed by atoms with Crippen LogP contribution in [0.5, 0.6) is 17.2 Å². The van der Waals surface area contributed by atoms with E-state index < -0.39 is 11.0 Å². The molecule has 0 aliphatic rings. The molecule has 10 heteroatoms. The van der Waals surface area contributed by atoms with Crippen molar-refractivity contribution in [2.45, 2.75) is 25.7 Å². The smallest absolute Gasteiger partial charge is 0.269 e. The highest BCUT2D eigenvalue weighted by molar-refractivity contribution is 5.43. The van der Waals surface area contributed by atoms with E-state index in [9.17, 15) is 15.2 Å². The van der Waals surface area contributed by atoms with Crippen LogP contribution < -0.4 is 14.2 Å². The van der Waals surface area contributed by atoms with E-state index in [0.29, 0.717) is 22.9 Å². The third-order valence-corrected chi connectivity index (χ3v) is 4.46. The third kappa shape index (κ3) is 6.29. The summed E-state index contributed by atoms with van der Waals surface area (Å²) in [5.41, 5.74) is 1.59. The Kier molecular flexibility index (Phi) is 7.76. The van der Waals surface area contributed by atoms with E-state index >= 15 is 0 Å². The van der Waals surface area contributed by atoms with Crippen molar-refractivity contribution in [3.05, 3.63) is 82.7 Å². The lowest BCUT2D eigenvalue weighted by molar-refractivity contribution is -0.384. The molecule has 0 aliphatic heterocycles. The molecule has 0 aliphatic carbocycles. The minimum absolute atomic E-state index is 0.00942. The molecule has 1 heterocycles. The molecule has 10 nitrogen and oxygen atoms in total. The first-order valence-corrected chi connectivity index (χ1v) is 9.83. The van der Waals surface area contributed by atoms with E-state index in [1.807, 2.05) is 18.2 Å². The number of methoxy groups -OCH3 is 1. The van der Waals surface area contributed by atoms with Crippen LogP contribution in [0.1, 0.15) is 11.3 Å². The van der Waals surface area contributed by atoms with Crippen molar-refractivity contribution in [3.63, 3.8) is 0 Å². The van der Waals surface area contributed by atoms with Crippen molar-refractivity contribution in [3.8, 4) is 17.2 Å². The number of benzene rings is 2. The number of aliphatic hydroxyl groups is 1. The van der Waals surface area contributed by atoms with Crippen LogP contribution in [0.15, 0.2) is 61.3 Å². The number of allylic oxidation sites excluding steroid dienone is 1. The summed E-state index contributed by atoms with van der Waals surface area (Å²) in [5.74, 6) is 1.60. The van der Waals surface area contributed by atoms with Crippen LogP contribution in [0.25, 0.3) is 0 Å². The normalized spacial score (nSPS) is 11.6. The van der Waals surface area contributed by atoms with Crippen LogP contribution in [-0.4, -0.2) is 44.8 Å². The van der Waals surface area contributed by atoms with Gasteiger partial charge in [0.05, 0.1) is 24.8 Å². The van der Waals surface area contributed by atoms with Gasteiger partial charge in [0.2, 0.25) is 0 Å². The molecule has 1 N–H and O–H groups in total. The van der Waals surface area contributed by atoms with Gasteiger partial charge in [0.1, 0.15) is 30.8 Å². The molecule has 168 valence electrons. The predicted octanol–water partition coefficient (Wildman–Crippen LogP) is 2.94. The zero-order chi connectivity index (χ0) is 22.9. The van der Waals surface area contributed by atoms with E-state index in [1.54, 1.807) is 19.4 Å². The van der Waals surface area contributed by atoms with E-state index in [2.05, 4.69) is 16.9 Å². The minimum Gasteiger partial charge on any atom is -0.493 e. The number of aliphatic hydroxyl groups excluding tert-OH is 1. The monoisotopic (exact) mass is 440 g/mol. The van der Waals surface area contributed by atoms with Crippen molar-refractivity contribution in [1.29, 1.82) is 0 Å². The summed E-state index contributed by atoms with van der Waals surface area (Å²) in [7, 11) is 1.56. The van der Waals surface area contributed by atoms with Gasteiger partial charge in [-0.2, -0.15) is 0 Å². The van der Waals surface area contributed by atoms with Crippen molar-refractivity contribution in [2.24, 2.45) is 0 Å². The second-order valence-electron chi connectivity index (χ2n) is 6.91. The lowest BCUT2D eigenvalue weighted by Gasteiger charge is -2.15. The molecular weight excluding hydrogens is 416 g/mol. The SMILES string of the molecule is C=CCc1ccc(OCC(O)Cn2cc(COc3ccc([N+](=O)[O-])cc3)nn2)c(OC)c1. The molecule has 0 radical (unpaired) electrons. The highest BCUT2D eigenvalue weighted by Gasteiger charge is 2.12. The Morgan fingerprint density at radius 3 is 2.69 bits per heavy atom. The molecule has 0 saturated heterocycles. The molecule has 3 aromatic rings. The Bertz CT molecular complexity index is 1050. The minimum atomic E-state index is -0.822. The molecule has 2 aromatic carbocycles. The average Bonchev–Trinajstić information content (AvgIpc) is 3.24. The number of non-ortho nitro benzene ring substituents is 1. The first kappa shape index (κ1) is 22.8. The van der Waals surface area contributed by atoms with Gasteiger partial charge in [-0.25, -0.2) is 4.68 Å². The molecule has 1 aromatic heterocycles. The zero-order valence-corrected chi connectivity index (χ0v) is 17.6. The largest absolute Gasteiger partial charge is 0.493 e. The summed E-state index contributed by atoms with van der Waals surface area (Å²) >= 11 is 0. The lowest BCUT2D eigenvalue weighted by atomic mass is 10.1. The summed E-state index contributed by atoms with van der Waals surface area (Å²) in [6, 6.07) is 11.4. The van der Waals surface area contributed by atoms with Crippen LogP contribution in [-0.2, 0) is 19.6 Å². The fourth-order valence-corrected chi connectivity index (χ4v) is 2.89. The van der Waals surface area contributed by atoms with E-state index in [0.717, 1.165) is 12.0 Å². The second-order valence-corrected chi connectivity index (χ2v) is 6.91. The number of nitrogens with zero attached hydrogens (tertiary/aromatic N) is 4. The summed E-state index contributed by atoms with van der Waals surface area (Å²) in [5, 5.41) is 29.0. The molecule has 0 spiro atoms. The van der Waals surface area contributed by atoms with Crippen molar-refractivity contribution >= 4 is 5.69 Å². The molecule has 0 bridgehead atoms. The van der Waals surface area contributed by atoms with Crippen LogP contribution in [0.4, 0.5) is 5.69 Å². The standard InChI is InChI=1S/C22H24N4O6/c1-3-4-16-5-10-21(22(11-16)30-2)32-15-19(27)13-25-12-17(23-24-25)14-31-20-8-6-18(7-9-20)26(28)29/h3,5-12,19,27H,1,4,13-15H2,2H3. The number of ether oxygens (including phenoxy) is 3. The number of aromatic nitrogens is 3. The first-order chi connectivity index (χ1) is 15.5. The van der Waals surface area contributed by atoms with Gasteiger partial charge in [0.15, 0.2) is 11.5 Å². The second kappa shape index (κ2) is 10.9. The van der Waals surface area contributed by atoms with E-state index in [1.165, 1.54) is 28.9 Å². The van der Waals surface area contributed by atoms with Crippen molar-refractivity contribution < 1.29 is 24.2 Å². The summed E-state index contributed by atoms with van der Waals surface area (Å²) in [6.45, 7) is 4.09. The van der Waals surface area contributed by atoms with Gasteiger partial charge in [0.25, 0.3) is 5.69 Å². The number of rotatable bonds is 12. The molecular formula is C22H24N4O6. The maximum Gasteiger partial charge on any atom is 0.269 e. The summed E-state index contributed by atoms with van der Waals surface area (Å²) in [4.78, 5) is 10.2. The Balaban J connectivity index is 1.48. The number of nitro groups is 1. The lowest BCUT2D eigenvalue weighted by Crippen LogP contribution is -2.24. The molecule has 1 unspecified atom stereocenters.